The SMILES string of the molecule is CCN(CC)C1CCN(C(=O)CN2Cc3cc(Cl)ccc3OC(C)C2)C1. The predicted octanol–water partition coefficient (Wildman–Crippen LogP) is 2.87. The van der Waals surface area contributed by atoms with Crippen LogP contribution in [-0.2, 0) is 11.3 Å². The molecule has 1 fully saturated rings. The van der Waals surface area contributed by atoms with Gasteiger partial charge in [0.15, 0.2) is 0 Å². The second-order valence-electron chi connectivity index (χ2n) is 7.35. The molecule has 0 spiro atoms. The maximum absolute atomic E-state index is 12.9. The largest absolute Gasteiger partial charge is 0.489 e. The molecule has 3 rings (SSSR count). The number of fused-ring (bicyclic) bond motifs is 1. The standard InChI is InChI=1S/C20H30ClN3O2/c1-4-23(5-2)18-8-9-24(13-18)20(25)14-22-11-15(3)26-19-7-6-17(21)10-16(19)12-22/h6-7,10,15,18H,4-5,8-9,11-14H2,1-3H3. The molecule has 1 aromatic rings. The van der Waals surface area contributed by atoms with Crippen molar-refractivity contribution >= 4 is 17.5 Å². The van der Waals surface area contributed by atoms with E-state index in [0.29, 0.717) is 24.2 Å². The van der Waals surface area contributed by atoms with Crippen LogP contribution in [0, 0.1) is 0 Å². The number of benzene rings is 1. The number of carbonyl (C=O) groups is 1. The Labute approximate surface area is 161 Å². The third-order valence-corrected chi connectivity index (χ3v) is 5.70. The average molecular weight is 380 g/mol. The lowest BCUT2D eigenvalue weighted by molar-refractivity contribution is -0.131. The highest BCUT2D eigenvalue weighted by Gasteiger charge is 2.30. The van der Waals surface area contributed by atoms with E-state index < -0.39 is 0 Å². The van der Waals surface area contributed by atoms with Crippen LogP contribution < -0.4 is 4.74 Å². The van der Waals surface area contributed by atoms with Gasteiger partial charge in [-0.15, -0.1) is 0 Å². The molecule has 5 nitrogen and oxygen atoms in total. The van der Waals surface area contributed by atoms with E-state index in [0.717, 1.165) is 50.5 Å². The number of likely N-dealkylation sites (tertiary alicyclic amines) is 1. The van der Waals surface area contributed by atoms with Gasteiger partial charge < -0.3 is 9.64 Å². The molecule has 0 aliphatic carbocycles. The molecule has 144 valence electrons. The first kappa shape index (κ1) is 19.5. The van der Waals surface area contributed by atoms with Gasteiger partial charge in [-0.3, -0.25) is 14.6 Å². The molecule has 1 amide bonds. The van der Waals surface area contributed by atoms with E-state index in [2.05, 4.69) is 23.6 Å². The molecular weight excluding hydrogens is 350 g/mol. The molecule has 0 saturated carbocycles. The van der Waals surface area contributed by atoms with Crippen LogP contribution in [0.15, 0.2) is 18.2 Å². The Hall–Kier alpha value is -1.30. The quantitative estimate of drug-likeness (QED) is 0.788. The van der Waals surface area contributed by atoms with E-state index in [1.54, 1.807) is 0 Å². The van der Waals surface area contributed by atoms with Gasteiger partial charge in [0.1, 0.15) is 11.9 Å². The Morgan fingerprint density at radius 3 is 2.81 bits per heavy atom. The topological polar surface area (TPSA) is 36.0 Å². The Morgan fingerprint density at radius 1 is 1.31 bits per heavy atom. The number of carbonyl (C=O) groups excluding carboxylic acids is 1. The lowest BCUT2D eigenvalue weighted by Gasteiger charge is -2.27. The van der Waals surface area contributed by atoms with Crippen molar-refractivity contribution in [3.63, 3.8) is 0 Å². The minimum absolute atomic E-state index is 0.0484. The van der Waals surface area contributed by atoms with Crippen LogP contribution in [0.3, 0.4) is 0 Å². The van der Waals surface area contributed by atoms with E-state index in [1.165, 1.54) is 0 Å². The van der Waals surface area contributed by atoms with Crippen LogP contribution >= 0.6 is 11.6 Å². The third-order valence-electron chi connectivity index (χ3n) is 5.46. The van der Waals surface area contributed by atoms with E-state index in [1.807, 2.05) is 30.0 Å². The molecule has 2 heterocycles. The van der Waals surface area contributed by atoms with Crippen molar-refractivity contribution in [2.75, 3.05) is 39.3 Å². The summed E-state index contributed by atoms with van der Waals surface area (Å²) in [7, 11) is 0. The molecule has 2 aliphatic heterocycles. The zero-order valence-electron chi connectivity index (χ0n) is 16.1. The Morgan fingerprint density at radius 2 is 2.08 bits per heavy atom. The van der Waals surface area contributed by atoms with Crippen LogP contribution in [0.25, 0.3) is 0 Å². The Kier molecular flexibility index (Phi) is 6.43. The van der Waals surface area contributed by atoms with Crippen molar-refractivity contribution in [3.05, 3.63) is 28.8 Å². The Balaban J connectivity index is 1.62. The summed E-state index contributed by atoms with van der Waals surface area (Å²) in [6, 6.07) is 6.22. The fourth-order valence-electron chi connectivity index (χ4n) is 4.13. The first-order valence-electron chi connectivity index (χ1n) is 9.69. The summed E-state index contributed by atoms with van der Waals surface area (Å²) in [5.74, 6) is 1.09. The number of likely N-dealkylation sites (N-methyl/N-ethyl adjacent to an activating group) is 1. The van der Waals surface area contributed by atoms with E-state index >= 15 is 0 Å². The molecule has 1 saturated heterocycles. The number of amides is 1. The lowest BCUT2D eigenvalue weighted by atomic mass is 10.2. The second-order valence-corrected chi connectivity index (χ2v) is 7.79. The van der Waals surface area contributed by atoms with Gasteiger partial charge >= 0.3 is 0 Å². The van der Waals surface area contributed by atoms with Gasteiger partial charge in [0.05, 0.1) is 6.54 Å². The lowest BCUT2D eigenvalue weighted by Crippen LogP contribution is -2.43. The van der Waals surface area contributed by atoms with Crippen LogP contribution in [0.2, 0.25) is 5.02 Å². The summed E-state index contributed by atoms with van der Waals surface area (Å²) >= 11 is 6.14. The number of rotatable bonds is 5. The van der Waals surface area contributed by atoms with Gasteiger partial charge in [0.25, 0.3) is 0 Å². The maximum Gasteiger partial charge on any atom is 0.236 e. The van der Waals surface area contributed by atoms with Gasteiger partial charge in [-0.1, -0.05) is 25.4 Å². The molecule has 1 aromatic carbocycles. The number of ether oxygens (including phenoxy) is 1. The molecule has 0 radical (unpaired) electrons. The van der Waals surface area contributed by atoms with Crippen molar-refractivity contribution in [2.24, 2.45) is 0 Å². The van der Waals surface area contributed by atoms with Crippen molar-refractivity contribution in [1.82, 2.24) is 14.7 Å². The van der Waals surface area contributed by atoms with Gasteiger partial charge in [0.2, 0.25) is 5.91 Å². The first-order valence-corrected chi connectivity index (χ1v) is 10.1. The van der Waals surface area contributed by atoms with Crippen LogP contribution in [0.1, 0.15) is 32.8 Å². The summed E-state index contributed by atoms with van der Waals surface area (Å²) in [5, 5.41) is 0.704. The molecule has 2 unspecified atom stereocenters. The molecule has 6 heteroatoms. The van der Waals surface area contributed by atoms with E-state index in [4.69, 9.17) is 16.3 Å². The number of hydrogen-bond donors (Lipinski definition) is 0. The minimum Gasteiger partial charge on any atom is -0.489 e. The van der Waals surface area contributed by atoms with Crippen LogP contribution in [0.4, 0.5) is 0 Å². The normalized spacial score (nSPS) is 23.7. The van der Waals surface area contributed by atoms with Gasteiger partial charge in [0, 0.05) is 42.8 Å². The summed E-state index contributed by atoms with van der Waals surface area (Å²) < 4.78 is 5.99. The summed E-state index contributed by atoms with van der Waals surface area (Å²) in [6.45, 7) is 12.1. The second kappa shape index (κ2) is 8.59. The first-order chi connectivity index (χ1) is 12.5. The van der Waals surface area contributed by atoms with Crippen LogP contribution in [0.5, 0.6) is 5.75 Å². The highest BCUT2D eigenvalue weighted by molar-refractivity contribution is 6.30. The highest BCUT2D eigenvalue weighted by atomic mass is 35.5. The highest BCUT2D eigenvalue weighted by Crippen LogP contribution is 2.28. The maximum atomic E-state index is 12.9. The molecule has 2 aliphatic rings. The number of hydrogen-bond acceptors (Lipinski definition) is 4. The summed E-state index contributed by atoms with van der Waals surface area (Å²) in [5.41, 5.74) is 1.05. The van der Waals surface area contributed by atoms with E-state index in [-0.39, 0.29) is 12.0 Å². The fraction of sp³-hybridized carbons (Fsp3) is 0.650. The molecule has 0 bridgehead atoms. The molecular formula is C20H30ClN3O2. The van der Waals surface area contributed by atoms with Gasteiger partial charge in [-0.05, 0) is 44.6 Å². The van der Waals surface area contributed by atoms with Crippen molar-refractivity contribution in [2.45, 2.75) is 45.9 Å². The van der Waals surface area contributed by atoms with Crippen molar-refractivity contribution < 1.29 is 9.53 Å². The van der Waals surface area contributed by atoms with Crippen LogP contribution in [-0.4, -0.2) is 72.0 Å². The third kappa shape index (κ3) is 4.51. The molecule has 2 atom stereocenters. The Bertz CT molecular complexity index is 635. The van der Waals surface area contributed by atoms with Gasteiger partial charge in [-0.25, -0.2) is 0 Å². The predicted molar refractivity (Wildman–Crippen MR) is 105 cm³/mol. The van der Waals surface area contributed by atoms with E-state index in [9.17, 15) is 4.79 Å². The fourth-order valence-corrected chi connectivity index (χ4v) is 4.32. The minimum atomic E-state index is 0.0484. The van der Waals surface area contributed by atoms with Gasteiger partial charge in [-0.2, -0.15) is 0 Å². The molecule has 0 aromatic heterocycles. The zero-order valence-corrected chi connectivity index (χ0v) is 16.8. The average Bonchev–Trinajstić information content (AvgIpc) is 3.02. The number of halogens is 1. The summed E-state index contributed by atoms with van der Waals surface area (Å²) in [6.07, 6.45) is 1.12. The number of nitrogens with zero attached hydrogens (tertiary/aromatic N) is 3. The zero-order chi connectivity index (χ0) is 18.7. The molecule has 0 N–H and O–H groups in total. The molecule has 26 heavy (non-hydrogen) atoms. The van der Waals surface area contributed by atoms with Crippen molar-refractivity contribution in [3.8, 4) is 5.75 Å². The monoisotopic (exact) mass is 379 g/mol. The van der Waals surface area contributed by atoms with Crippen molar-refractivity contribution in [1.29, 1.82) is 0 Å². The summed E-state index contributed by atoms with van der Waals surface area (Å²) in [4.78, 5) is 19.5. The smallest absolute Gasteiger partial charge is 0.236 e.